The van der Waals surface area contributed by atoms with Crippen molar-refractivity contribution in [1.82, 2.24) is 14.8 Å². The van der Waals surface area contributed by atoms with Crippen molar-refractivity contribution in [1.29, 1.82) is 0 Å². The van der Waals surface area contributed by atoms with Crippen LogP contribution in [0.15, 0.2) is 27.4 Å². The van der Waals surface area contributed by atoms with Gasteiger partial charge in [0.25, 0.3) is 0 Å². The molecule has 1 N–H and O–H groups in total. The molecule has 1 aromatic carbocycles. The lowest BCUT2D eigenvalue weighted by Crippen LogP contribution is -2.09. The van der Waals surface area contributed by atoms with E-state index < -0.39 is 0 Å². The predicted molar refractivity (Wildman–Crippen MR) is 79.6 cm³/mol. The van der Waals surface area contributed by atoms with Crippen LogP contribution in [-0.2, 0) is 13.1 Å². The Kier molecular flexibility index (Phi) is 4.40. The summed E-state index contributed by atoms with van der Waals surface area (Å²) in [6, 6.07) is 4.16. The van der Waals surface area contributed by atoms with E-state index in [1.807, 2.05) is 4.68 Å². The van der Waals surface area contributed by atoms with Crippen LogP contribution < -0.4 is 5.32 Å². The van der Waals surface area contributed by atoms with Crippen molar-refractivity contribution in [2.75, 3.05) is 5.32 Å². The highest BCUT2D eigenvalue weighted by Gasteiger charge is 2.08. The number of benzene rings is 1. The number of anilines is 1. The highest BCUT2D eigenvalue weighted by molar-refractivity contribution is 9.11. The lowest BCUT2D eigenvalue weighted by atomic mass is 10.2. The van der Waals surface area contributed by atoms with Crippen LogP contribution in [0.2, 0.25) is 0 Å². The van der Waals surface area contributed by atoms with Gasteiger partial charge in [0.1, 0.15) is 12.2 Å². The topological polar surface area (TPSA) is 42.7 Å². The summed E-state index contributed by atoms with van der Waals surface area (Å²) in [6.45, 7) is 5.59. The van der Waals surface area contributed by atoms with Crippen LogP contribution in [0, 0.1) is 6.92 Å². The summed E-state index contributed by atoms with van der Waals surface area (Å²) in [4.78, 5) is 4.24. The SMILES string of the molecule is CCn1ncnc1CNc1c(Br)cc(C)cc1Br. The van der Waals surface area contributed by atoms with Gasteiger partial charge in [0.15, 0.2) is 0 Å². The maximum Gasteiger partial charge on any atom is 0.146 e. The van der Waals surface area contributed by atoms with Gasteiger partial charge in [-0.2, -0.15) is 5.10 Å². The lowest BCUT2D eigenvalue weighted by Gasteiger charge is -2.11. The molecule has 0 bridgehead atoms. The highest BCUT2D eigenvalue weighted by atomic mass is 79.9. The molecule has 1 heterocycles. The van der Waals surface area contributed by atoms with Crippen molar-refractivity contribution >= 4 is 37.5 Å². The van der Waals surface area contributed by atoms with Crippen LogP contribution in [-0.4, -0.2) is 14.8 Å². The zero-order valence-electron chi connectivity index (χ0n) is 10.2. The van der Waals surface area contributed by atoms with E-state index in [-0.39, 0.29) is 0 Å². The number of nitrogens with one attached hydrogen (secondary N) is 1. The van der Waals surface area contributed by atoms with Gasteiger partial charge in [-0.15, -0.1) is 0 Å². The summed E-state index contributed by atoms with van der Waals surface area (Å²) in [5.41, 5.74) is 2.24. The molecular weight excluding hydrogens is 360 g/mol. The van der Waals surface area contributed by atoms with Crippen LogP contribution >= 0.6 is 31.9 Å². The lowest BCUT2D eigenvalue weighted by molar-refractivity contribution is 0.622. The Hall–Kier alpha value is -0.880. The third-order valence-corrected chi connectivity index (χ3v) is 3.86. The minimum absolute atomic E-state index is 0.647. The molecule has 0 aliphatic heterocycles. The fourth-order valence-corrected chi connectivity index (χ4v) is 3.42. The van der Waals surface area contributed by atoms with Gasteiger partial charge in [-0.25, -0.2) is 9.67 Å². The smallest absolute Gasteiger partial charge is 0.146 e. The van der Waals surface area contributed by atoms with Crippen molar-refractivity contribution in [2.45, 2.75) is 26.9 Å². The van der Waals surface area contributed by atoms with E-state index in [0.29, 0.717) is 6.54 Å². The standard InChI is InChI=1S/C12H14Br2N4/c1-3-18-11(16-7-17-18)6-15-12-9(13)4-8(2)5-10(12)14/h4-5,7,15H,3,6H2,1-2H3. The van der Waals surface area contributed by atoms with Gasteiger partial charge < -0.3 is 5.32 Å². The van der Waals surface area contributed by atoms with E-state index in [2.05, 4.69) is 73.2 Å². The Labute approximate surface area is 123 Å². The van der Waals surface area contributed by atoms with E-state index in [1.54, 1.807) is 6.33 Å². The number of hydrogen-bond acceptors (Lipinski definition) is 3. The first-order valence-corrected chi connectivity index (χ1v) is 7.26. The van der Waals surface area contributed by atoms with Crippen molar-refractivity contribution in [2.24, 2.45) is 0 Å². The molecule has 0 atom stereocenters. The third-order valence-electron chi connectivity index (χ3n) is 2.60. The van der Waals surface area contributed by atoms with E-state index in [9.17, 15) is 0 Å². The minimum atomic E-state index is 0.647. The van der Waals surface area contributed by atoms with E-state index >= 15 is 0 Å². The fourth-order valence-electron chi connectivity index (χ4n) is 1.73. The molecule has 0 radical (unpaired) electrons. The fraction of sp³-hybridized carbons (Fsp3) is 0.333. The second kappa shape index (κ2) is 5.84. The van der Waals surface area contributed by atoms with Crippen LogP contribution in [0.3, 0.4) is 0 Å². The first kappa shape index (κ1) is 13.5. The van der Waals surface area contributed by atoms with Crippen LogP contribution in [0.5, 0.6) is 0 Å². The average molecular weight is 374 g/mol. The molecule has 0 saturated heterocycles. The second-order valence-corrected chi connectivity index (χ2v) is 5.66. The molecule has 96 valence electrons. The maximum absolute atomic E-state index is 4.24. The summed E-state index contributed by atoms with van der Waals surface area (Å²) in [6.07, 6.45) is 1.58. The average Bonchev–Trinajstić information content (AvgIpc) is 2.75. The van der Waals surface area contributed by atoms with Gasteiger partial charge in [-0.05, 0) is 63.4 Å². The van der Waals surface area contributed by atoms with E-state index in [4.69, 9.17) is 0 Å². The highest BCUT2D eigenvalue weighted by Crippen LogP contribution is 2.32. The molecular formula is C12H14Br2N4. The summed E-state index contributed by atoms with van der Waals surface area (Å²) >= 11 is 7.12. The molecule has 0 saturated carbocycles. The summed E-state index contributed by atoms with van der Waals surface area (Å²) in [7, 11) is 0. The normalized spacial score (nSPS) is 10.7. The number of aryl methyl sites for hydroxylation is 2. The predicted octanol–water partition coefficient (Wildman–Crippen LogP) is 3.74. The van der Waals surface area contributed by atoms with Crippen molar-refractivity contribution in [3.05, 3.63) is 38.8 Å². The largest absolute Gasteiger partial charge is 0.376 e. The molecule has 0 amide bonds. The quantitative estimate of drug-likeness (QED) is 0.887. The van der Waals surface area contributed by atoms with Gasteiger partial charge in [-0.3, -0.25) is 0 Å². The Morgan fingerprint density at radius 3 is 2.56 bits per heavy atom. The molecule has 2 aromatic rings. The minimum Gasteiger partial charge on any atom is -0.376 e. The number of halogens is 2. The summed E-state index contributed by atoms with van der Waals surface area (Å²) in [5, 5.41) is 7.52. The molecule has 1 aromatic heterocycles. The number of hydrogen-bond donors (Lipinski definition) is 1. The maximum atomic E-state index is 4.24. The Morgan fingerprint density at radius 1 is 1.28 bits per heavy atom. The van der Waals surface area contributed by atoms with E-state index in [1.165, 1.54) is 5.56 Å². The monoisotopic (exact) mass is 372 g/mol. The molecule has 0 aliphatic rings. The molecule has 0 unspecified atom stereocenters. The van der Waals surface area contributed by atoms with Gasteiger partial charge in [0, 0.05) is 15.5 Å². The van der Waals surface area contributed by atoms with Gasteiger partial charge >= 0.3 is 0 Å². The summed E-state index contributed by atoms with van der Waals surface area (Å²) < 4.78 is 3.96. The van der Waals surface area contributed by atoms with Crippen LogP contribution in [0.4, 0.5) is 5.69 Å². The molecule has 18 heavy (non-hydrogen) atoms. The number of nitrogens with zero attached hydrogens (tertiary/aromatic N) is 3. The molecule has 0 aliphatic carbocycles. The van der Waals surface area contributed by atoms with Gasteiger partial charge in [-0.1, -0.05) is 0 Å². The first-order chi connectivity index (χ1) is 8.61. The number of aromatic nitrogens is 3. The molecule has 2 rings (SSSR count). The van der Waals surface area contributed by atoms with Gasteiger partial charge in [0.05, 0.1) is 12.2 Å². The molecule has 0 fully saturated rings. The third kappa shape index (κ3) is 2.92. The second-order valence-electron chi connectivity index (χ2n) is 3.95. The van der Waals surface area contributed by atoms with Crippen molar-refractivity contribution in [3.8, 4) is 0 Å². The Balaban J connectivity index is 2.16. The van der Waals surface area contributed by atoms with Crippen LogP contribution in [0.1, 0.15) is 18.3 Å². The molecule has 0 spiro atoms. The zero-order chi connectivity index (χ0) is 13.1. The molecule has 6 heteroatoms. The first-order valence-electron chi connectivity index (χ1n) is 5.68. The Morgan fingerprint density at radius 2 is 1.94 bits per heavy atom. The van der Waals surface area contributed by atoms with Gasteiger partial charge in [0.2, 0.25) is 0 Å². The summed E-state index contributed by atoms with van der Waals surface area (Å²) in [5.74, 6) is 0.928. The van der Waals surface area contributed by atoms with Crippen molar-refractivity contribution in [3.63, 3.8) is 0 Å². The number of rotatable bonds is 4. The zero-order valence-corrected chi connectivity index (χ0v) is 13.4. The van der Waals surface area contributed by atoms with Crippen LogP contribution in [0.25, 0.3) is 0 Å². The Bertz CT molecular complexity index is 528. The van der Waals surface area contributed by atoms with E-state index in [0.717, 1.165) is 27.0 Å². The molecule has 4 nitrogen and oxygen atoms in total. The van der Waals surface area contributed by atoms with Crippen molar-refractivity contribution < 1.29 is 0 Å².